The van der Waals surface area contributed by atoms with E-state index in [-0.39, 0.29) is 6.04 Å². The first-order valence-corrected chi connectivity index (χ1v) is 3.63. The Bertz CT molecular complexity index is 287. The van der Waals surface area contributed by atoms with E-state index in [0.29, 0.717) is 12.3 Å². The molecule has 0 aliphatic rings. The third-order valence-electron chi connectivity index (χ3n) is 1.61. The van der Waals surface area contributed by atoms with E-state index in [4.69, 9.17) is 15.7 Å². The van der Waals surface area contributed by atoms with Gasteiger partial charge < -0.3 is 15.5 Å². The molecule has 0 amide bonds. The van der Waals surface area contributed by atoms with Crippen LogP contribution in [-0.2, 0) is 0 Å². The van der Waals surface area contributed by atoms with E-state index < -0.39 is 0 Å². The molecule has 0 fully saturated rings. The van der Waals surface area contributed by atoms with Gasteiger partial charge >= 0.3 is 0 Å². The van der Waals surface area contributed by atoms with Crippen LogP contribution in [0.1, 0.15) is 18.2 Å². The van der Waals surface area contributed by atoms with Gasteiger partial charge in [-0.3, -0.25) is 0 Å². The smallest absolute Gasteiger partial charge is 0.190 e. The zero-order valence-electron chi connectivity index (χ0n) is 6.87. The maximum absolute atomic E-state index is 8.39. The lowest BCUT2D eigenvalue weighted by Crippen LogP contribution is -2.09. The molecule has 3 N–H and O–H groups in total. The summed E-state index contributed by atoms with van der Waals surface area (Å²) in [5, 5.41) is 8.39. The fraction of sp³-hybridized carbons (Fsp3) is 0.375. The summed E-state index contributed by atoms with van der Waals surface area (Å²) in [5.74, 6) is 0.665. The van der Waals surface area contributed by atoms with Gasteiger partial charge in [-0.2, -0.15) is 5.26 Å². The van der Waals surface area contributed by atoms with Crippen molar-refractivity contribution in [3.05, 3.63) is 17.8 Å². The van der Waals surface area contributed by atoms with Crippen molar-refractivity contribution in [3.63, 3.8) is 0 Å². The van der Waals surface area contributed by atoms with Gasteiger partial charge in [-0.05, 0) is 12.1 Å². The Morgan fingerprint density at radius 2 is 2.50 bits per heavy atom. The van der Waals surface area contributed by atoms with Crippen molar-refractivity contribution in [1.82, 2.24) is 4.98 Å². The number of hydrogen-bond donors (Lipinski definition) is 2. The SMILES string of the molecule is COc1ccc(C(N)CC#N)[nH]1. The highest BCUT2D eigenvalue weighted by molar-refractivity contribution is 5.20. The highest BCUT2D eigenvalue weighted by Crippen LogP contribution is 2.16. The Kier molecular flexibility index (Phi) is 2.72. The van der Waals surface area contributed by atoms with Crippen LogP contribution in [0.4, 0.5) is 0 Å². The Morgan fingerprint density at radius 1 is 1.75 bits per heavy atom. The minimum atomic E-state index is -0.251. The van der Waals surface area contributed by atoms with Gasteiger partial charge in [0.05, 0.1) is 25.6 Å². The molecule has 0 aliphatic carbocycles. The number of rotatable bonds is 3. The number of nitrogens with one attached hydrogen (secondary N) is 1. The molecule has 64 valence electrons. The normalized spacial score (nSPS) is 12.1. The molecule has 1 rings (SSSR count). The summed E-state index contributed by atoms with van der Waals surface area (Å²) in [6, 6.07) is 5.36. The number of aromatic nitrogens is 1. The number of methoxy groups -OCH3 is 1. The van der Waals surface area contributed by atoms with E-state index >= 15 is 0 Å². The van der Waals surface area contributed by atoms with E-state index in [1.807, 2.05) is 12.1 Å². The van der Waals surface area contributed by atoms with Crippen molar-refractivity contribution in [2.24, 2.45) is 5.73 Å². The number of nitrogens with zero attached hydrogens (tertiary/aromatic N) is 1. The summed E-state index contributed by atoms with van der Waals surface area (Å²) in [7, 11) is 1.57. The topological polar surface area (TPSA) is 74.8 Å². The van der Waals surface area contributed by atoms with Crippen LogP contribution in [0.2, 0.25) is 0 Å². The third-order valence-corrected chi connectivity index (χ3v) is 1.61. The molecular weight excluding hydrogens is 154 g/mol. The first-order valence-electron chi connectivity index (χ1n) is 3.63. The predicted molar refractivity (Wildman–Crippen MR) is 44.5 cm³/mol. The van der Waals surface area contributed by atoms with E-state index in [1.54, 1.807) is 13.2 Å². The summed E-state index contributed by atoms with van der Waals surface area (Å²) in [5.41, 5.74) is 6.49. The predicted octanol–water partition coefficient (Wildman–Crippen LogP) is 0.937. The first-order chi connectivity index (χ1) is 5.77. The number of nitriles is 1. The molecule has 1 aromatic heterocycles. The first kappa shape index (κ1) is 8.62. The van der Waals surface area contributed by atoms with Crippen molar-refractivity contribution in [3.8, 4) is 11.9 Å². The minimum Gasteiger partial charge on any atom is -0.482 e. The average Bonchev–Trinajstić information content (AvgIpc) is 2.52. The molecule has 1 atom stereocenters. The van der Waals surface area contributed by atoms with Crippen molar-refractivity contribution >= 4 is 0 Å². The van der Waals surface area contributed by atoms with Crippen LogP contribution in [0.25, 0.3) is 0 Å². The Hall–Kier alpha value is -1.47. The fourth-order valence-corrected chi connectivity index (χ4v) is 0.935. The molecule has 4 heteroatoms. The van der Waals surface area contributed by atoms with Gasteiger partial charge in [0, 0.05) is 5.69 Å². The molecular formula is C8H11N3O. The molecule has 4 nitrogen and oxygen atoms in total. The lowest BCUT2D eigenvalue weighted by Gasteiger charge is -2.03. The molecule has 12 heavy (non-hydrogen) atoms. The number of aromatic amines is 1. The van der Waals surface area contributed by atoms with Gasteiger partial charge in [0.15, 0.2) is 5.88 Å². The van der Waals surface area contributed by atoms with Crippen molar-refractivity contribution in [2.75, 3.05) is 7.11 Å². The highest BCUT2D eigenvalue weighted by Gasteiger charge is 2.07. The molecule has 1 heterocycles. The van der Waals surface area contributed by atoms with Gasteiger partial charge in [-0.15, -0.1) is 0 Å². The number of nitrogens with two attached hydrogens (primary N) is 1. The maximum Gasteiger partial charge on any atom is 0.190 e. The molecule has 0 bridgehead atoms. The molecule has 0 saturated heterocycles. The maximum atomic E-state index is 8.39. The largest absolute Gasteiger partial charge is 0.482 e. The van der Waals surface area contributed by atoms with Crippen LogP contribution >= 0.6 is 0 Å². The van der Waals surface area contributed by atoms with E-state index in [2.05, 4.69) is 4.98 Å². The molecule has 0 aromatic carbocycles. The Labute approximate surface area is 70.9 Å². The van der Waals surface area contributed by atoms with Crippen LogP contribution in [-0.4, -0.2) is 12.1 Å². The molecule has 0 spiro atoms. The van der Waals surface area contributed by atoms with Crippen molar-refractivity contribution < 1.29 is 4.74 Å². The summed E-state index contributed by atoms with van der Waals surface area (Å²) in [6.45, 7) is 0. The van der Waals surface area contributed by atoms with Gasteiger partial charge in [-0.25, -0.2) is 0 Å². The van der Waals surface area contributed by atoms with E-state index in [9.17, 15) is 0 Å². The Morgan fingerprint density at radius 3 is 3.00 bits per heavy atom. The van der Waals surface area contributed by atoms with E-state index in [0.717, 1.165) is 5.69 Å². The monoisotopic (exact) mass is 165 g/mol. The second kappa shape index (κ2) is 3.79. The summed E-state index contributed by atoms with van der Waals surface area (Å²) >= 11 is 0. The summed E-state index contributed by atoms with van der Waals surface area (Å²) in [4.78, 5) is 2.95. The zero-order valence-corrected chi connectivity index (χ0v) is 6.87. The van der Waals surface area contributed by atoms with Crippen LogP contribution < -0.4 is 10.5 Å². The van der Waals surface area contributed by atoms with Gasteiger partial charge in [0.2, 0.25) is 0 Å². The minimum absolute atomic E-state index is 0.251. The molecule has 1 unspecified atom stereocenters. The molecule has 0 saturated carbocycles. The average molecular weight is 165 g/mol. The molecule has 0 aliphatic heterocycles. The Balaban J connectivity index is 2.69. The fourth-order valence-electron chi connectivity index (χ4n) is 0.935. The molecule has 1 aromatic rings. The van der Waals surface area contributed by atoms with Gasteiger partial charge in [-0.1, -0.05) is 0 Å². The summed E-state index contributed by atoms with van der Waals surface area (Å²) < 4.78 is 4.93. The highest BCUT2D eigenvalue weighted by atomic mass is 16.5. The standard InChI is InChI=1S/C8H11N3O/c1-12-8-3-2-7(11-8)6(10)4-5-9/h2-3,6,11H,4,10H2,1H3. The van der Waals surface area contributed by atoms with Crippen LogP contribution in [0.15, 0.2) is 12.1 Å². The quantitative estimate of drug-likeness (QED) is 0.699. The van der Waals surface area contributed by atoms with Crippen LogP contribution in [0.5, 0.6) is 5.88 Å². The van der Waals surface area contributed by atoms with Crippen molar-refractivity contribution in [1.29, 1.82) is 5.26 Å². The van der Waals surface area contributed by atoms with Crippen LogP contribution in [0.3, 0.4) is 0 Å². The lowest BCUT2D eigenvalue weighted by atomic mass is 10.2. The number of hydrogen-bond acceptors (Lipinski definition) is 3. The number of ether oxygens (including phenoxy) is 1. The van der Waals surface area contributed by atoms with Crippen molar-refractivity contribution in [2.45, 2.75) is 12.5 Å². The second-order valence-corrected chi connectivity index (χ2v) is 2.45. The summed E-state index contributed by atoms with van der Waals surface area (Å²) in [6.07, 6.45) is 0.309. The van der Waals surface area contributed by atoms with E-state index in [1.165, 1.54) is 0 Å². The third kappa shape index (κ3) is 1.77. The van der Waals surface area contributed by atoms with Gasteiger partial charge in [0.25, 0.3) is 0 Å². The number of H-pyrrole nitrogens is 1. The van der Waals surface area contributed by atoms with Crippen LogP contribution in [0, 0.1) is 11.3 Å². The lowest BCUT2D eigenvalue weighted by molar-refractivity contribution is 0.399. The zero-order chi connectivity index (χ0) is 8.97. The second-order valence-electron chi connectivity index (χ2n) is 2.45. The molecule has 0 radical (unpaired) electrons. The van der Waals surface area contributed by atoms with Gasteiger partial charge in [0.1, 0.15) is 0 Å².